The number of anilines is 1. The molecule has 1 aromatic heterocycles. The summed E-state index contributed by atoms with van der Waals surface area (Å²) in [6.45, 7) is 0.983. The molecule has 0 aliphatic heterocycles. The van der Waals surface area contributed by atoms with Crippen LogP contribution in [0.4, 0.5) is 11.4 Å². The van der Waals surface area contributed by atoms with Crippen molar-refractivity contribution in [3.8, 4) is 0 Å². The highest BCUT2D eigenvalue weighted by Gasteiger charge is 2.15. The van der Waals surface area contributed by atoms with Crippen LogP contribution in [0.3, 0.4) is 0 Å². The van der Waals surface area contributed by atoms with E-state index in [0.29, 0.717) is 24.3 Å². The molecule has 0 spiro atoms. The average molecular weight is 289 g/mol. The zero-order valence-corrected chi connectivity index (χ0v) is 11.4. The molecule has 1 amide bonds. The van der Waals surface area contributed by atoms with Gasteiger partial charge in [-0.25, -0.2) is 0 Å². The Hall–Kier alpha value is -2.90. The fourth-order valence-corrected chi connectivity index (χ4v) is 1.86. The van der Waals surface area contributed by atoms with Gasteiger partial charge in [0.1, 0.15) is 5.69 Å². The van der Waals surface area contributed by atoms with Crippen molar-refractivity contribution >= 4 is 17.3 Å². The summed E-state index contributed by atoms with van der Waals surface area (Å²) in [4.78, 5) is 22.3. The largest absolute Gasteiger partial charge is 0.383 e. The van der Waals surface area contributed by atoms with Crippen LogP contribution < -0.4 is 10.6 Å². The number of hydrogen-bond donors (Lipinski definition) is 2. The third-order valence-corrected chi connectivity index (χ3v) is 2.91. The number of hydrogen-bond acceptors (Lipinski definition) is 5. The van der Waals surface area contributed by atoms with Gasteiger partial charge in [-0.3, -0.25) is 19.6 Å². The number of nitrogens with zero attached hydrogens (tertiary/aromatic N) is 3. The molecule has 0 fully saturated rings. The first-order valence-corrected chi connectivity index (χ1v) is 6.33. The van der Waals surface area contributed by atoms with Gasteiger partial charge in [-0.2, -0.15) is 5.10 Å². The fraction of sp³-hybridized carbons (Fsp3) is 0.231. The van der Waals surface area contributed by atoms with Crippen molar-refractivity contribution in [3.63, 3.8) is 0 Å². The summed E-state index contributed by atoms with van der Waals surface area (Å²) in [5.41, 5.74) is 0.607. The highest BCUT2D eigenvalue weighted by atomic mass is 16.6. The van der Waals surface area contributed by atoms with Crippen molar-refractivity contribution in [3.05, 3.63) is 52.3 Å². The number of benzene rings is 1. The third kappa shape index (κ3) is 3.56. The van der Waals surface area contributed by atoms with E-state index in [1.54, 1.807) is 30.2 Å². The predicted octanol–water partition coefficient (Wildman–Crippen LogP) is 1.26. The van der Waals surface area contributed by atoms with Crippen LogP contribution in [0.15, 0.2) is 36.7 Å². The molecule has 2 aromatic rings. The van der Waals surface area contributed by atoms with Crippen LogP contribution in [0.2, 0.25) is 0 Å². The van der Waals surface area contributed by atoms with Gasteiger partial charge in [0.15, 0.2) is 0 Å². The lowest BCUT2D eigenvalue weighted by atomic mass is 10.1. The van der Waals surface area contributed by atoms with Gasteiger partial charge in [-0.15, -0.1) is 0 Å². The molecule has 8 heteroatoms. The second kappa shape index (κ2) is 6.51. The predicted molar refractivity (Wildman–Crippen MR) is 77.2 cm³/mol. The molecule has 0 saturated carbocycles. The lowest BCUT2D eigenvalue weighted by molar-refractivity contribution is -0.383. The van der Waals surface area contributed by atoms with E-state index in [4.69, 9.17) is 0 Å². The van der Waals surface area contributed by atoms with E-state index < -0.39 is 4.92 Å². The van der Waals surface area contributed by atoms with E-state index in [2.05, 4.69) is 15.7 Å². The zero-order chi connectivity index (χ0) is 15.2. The van der Waals surface area contributed by atoms with Crippen LogP contribution in [0, 0.1) is 10.1 Å². The summed E-state index contributed by atoms with van der Waals surface area (Å²) in [7, 11) is 1.57. The molecule has 0 saturated heterocycles. The Morgan fingerprint density at radius 1 is 1.48 bits per heavy atom. The first kappa shape index (κ1) is 14.5. The number of carbonyl (C=O) groups excluding carboxylic acids is 1. The third-order valence-electron chi connectivity index (χ3n) is 2.91. The number of nitro benzene ring substituents is 1. The summed E-state index contributed by atoms with van der Waals surface area (Å²) in [5.74, 6) is -0.284. The highest BCUT2D eigenvalue weighted by molar-refractivity contribution is 5.95. The monoisotopic (exact) mass is 289 g/mol. The zero-order valence-electron chi connectivity index (χ0n) is 11.4. The van der Waals surface area contributed by atoms with Gasteiger partial charge in [-0.1, -0.05) is 0 Å². The Morgan fingerprint density at radius 3 is 2.90 bits per heavy atom. The Kier molecular flexibility index (Phi) is 4.50. The van der Waals surface area contributed by atoms with E-state index in [-0.39, 0.29) is 11.6 Å². The molecule has 0 aliphatic rings. The lowest BCUT2D eigenvalue weighted by Gasteiger charge is -2.07. The van der Waals surface area contributed by atoms with Gasteiger partial charge >= 0.3 is 0 Å². The summed E-state index contributed by atoms with van der Waals surface area (Å²) in [5, 5.41) is 20.3. The molecule has 1 heterocycles. The smallest absolute Gasteiger partial charge is 0.292 e. The van der Waals surface area contributed by atoms with Gasteiger partial charge in [0.25, 0.3) is 11.6 Å². The second-order valence-electron chi connectivity index (χ2n) is 4.26. The molecule has 0 radical (unpaired) electrons. The SMILES string of the molecule is CNc1cc(C(=O)NCCn2cccn2)ccc1[N+](=O)[O-]. The minimum atomic E-state index is -0.495. The average Bonchev–Trinajstić information content (AvgIpc) is 2.99. The van der Waals surface area contributed by atoms with E-state index in [1.165, 1.54) is 18.2 Å². The molecule has 2 N–H and O–H groups in total. The Balaban J connectivity index is 2.00. The summed E-state index contributed by atoms with van der Waals surface area (Å²) in [6.07, 6.45) is 3.47. The number of amides is 1. The van der Waals surface area contributed by atoms with Crippen molar-refractivity contribution in [2.24, 2.45) is 0 Å². The maximum atomic E-state index is 12.0. The van der Waals surface area contributed by atoms with E-state index >= 15 is 0 Å². The van der Waals surface area contributed by atoms with Gasteiger partial charge in [0.05, 0.1) is 11.5 Å². The van der Waals surface area contributed by atoms with Gasteiger partial charge in [-0.05, 0) is 18.2 Å². The van der Waals surface area contributed by atoms with Crippen LogP contribution in [0.25, 0.3) is 0 Å². The minimum Gasteiger partial charge on any atom is -0.383 e. The quantitative estimate of drug-likeness (QED) is 0.615. The lowest BCUT2D eigenvalue weighted by Crippen LogP contribution is -2.27. The molecule has 0 unspecified atom stereocenters. The normalized spacial score (nSPS) is 10.1. The standard InChI is InChI=1S/C13H15N5O3/c1-14-11-9-10(3-4-12(11)18(20)21)13(19)15-6-8-17-7-2-5-16-17/h2-5,7,9,14H,6,8H2,1H3,(H,15,19). The summed E-state index contributed by atoms with van der Waals surface area (Å²) in [6, 6.07) is 6.01. The molecular formula is C13H15N5O3. The van der Waals surface area contributed by atoms with Crippen LogP contribution >= 0.6 is 0 Å². The molecule has 21 heavy (non-hydrogen) atoms. The van der Waals surface area contributed by atoms with Crippen LogP contribution in [0.5, 0.6) is 0 Å². The molecule has 8 nitrogen and oxygen atoms in total. The highest BCUT2D eigenvalue weighted by Crippen LogP contribution is 2.24. The second-order valence-corrected chi connectivity index (χ2v) is 4.26. The number of rotatable bonds is 6. The van der Waals surface area contributed by atoms with Crippen molar-refractivity contribution in [1.29, 1.82) is 0 Å². The Bertz CT molecular complexity index is 639. The van der Waals surface area contributed by atoms with Gasteiger partial charge in [0.2, 0.25) is 0 Å². The van der Waals surface area contributed by atoms with Crippen LogP contribution in [0.1, 0.15) is 10.4 Å². The Labute approximate surface area is 120 Å². The molecule has 0 atom stereocenters. The van der Waals surface area contributed by atoms with Crippen molar-refractivity contribution in [2.75, 3.05) is 18.9 Å². The van der Waals surface area contributed by atoms with Crippen molar-refractivity contribution in [2.45, 2.75) is 6.54 Å². The molecule has 110 valence electrons. The molecule has 0 aliphatic carbocycles. The summed E-state index contributed by atoms with van der Waals surface area (Å²) >= 11 is 0. The first-order valence-electron chi connectivity index (χ1n) is 6.33. The number of aromatic nitrogens is 2. The fourth-order valence-electron chi connectivity index (χ4n) is 1.86. The number of nitrogens with one attached hydrogen (secondary N) is 2. The van der Waals surface area contributed by atoms with Crippen molar-refractivity contribution in [1.82, 2.24) is 15.1 Å². The molecule has 1 aromatic carbocycles. The maximum absolute atomic E-state index is 12.0. The van der Waals surface area contributed by atoms with Crippen molar-refractivity contribution < 1.29 is 9.72 Å². The molecular weight excluding hydrogens is 274 g/mol. The maximum Gasteiger partial charge on any atom is 0.292 e. The van der Waals surface area contributed by atoms with E-state index in [1.807, 2.05) is 0 Å². The minimum absolute atomic E-state index is 0.0643. The van der Waals surface area contributed by atoms with Crippen LogP contribution in [-0.2, 0) is 6.54 Å². The Morgan fingerprint density at radius 2 is 2.29 bits per heavy atom. The first-order chi connectivity index (χ1) is 10.1. The van der Waals surface area contributed by atoms with E-state index in [9.17, 15) is 14.9 Å². The van der Waals surface area contributed by atoms with Gasteiger partial charge in [0, 0.05) is 37.6 Å². The van der Waals surface area contributed by atoms with E-state index in [0.717, 1.165) is 0 Å². The number of carbonyl (C=O) groups is 1. The van der Waals surface area contributed by atoms with Crippen LogP contribution in [-0.4, -0.2) is 34.2 Å². The molecule has 0 bridgehead atoms. The summed E-state index contributed by atoms with van der Waals surface area (Å²) < 4.78 is 1.70. The topological polar surface area (TPSA) is 102 Å². The number of nitro groups is 1. The van der Waals surface area contributed by atoms with Gasteiger partial charge < -0.3 is 10.6 Å². The molecule has 2 rings (SSSR count).